The van der Waals surface area contributed by atoms with E-state index in [4.69, 9.17) is 9.47 Å². The van der Waals surface area contributed by atoms with Crippen molar-refractivity contribution in [2.24, 2.45) is 5.92 Å². The van der Waals surface area contributed by atoms with Gasteiger partial charge in [-0.2, -0.15) is 0 Å². The summed E-state index contributed by atoms with van der Waals surface area (Å²) in [6.45, 7) is 4.02. The highest BCUT2D eigenvalue weighted by molar-refractivity contribution is 7.89. The summed E-state index contributed by atoms with van der Waals surface area (Å²) in [5.74, 6) is 0.393. The van der Waals surface area contributed by atoms with Crippen LogP contribution in [0.5, 0.6) is 5.75 Å². The molecule has 1 atom stereocenters. The number of anilines is 1. The second kappa shape index (κ2) is 8.19. The fourth-order valence-electron chi connectivity index (χ4n) is 2.28. The van der Waals surface area contributed by atoms with Gasteiger partial charge in [0, 0.05) is 6.26 Å². The summed E-state index contributed by atoms with van der Waals surface area (Å²) < 4.78 is 33.0. The van der Waals surface area contributed by atoms with Gasteiger partial charge in [0.25, 0.3) is 0 Å². The lowest BCUT2D eigenvalue weighted by Crippen LogP contribution is -2.32. The number of hydrogen-bond donors (Lipinski definition) is 1. The van der Waals surface area contributed by atoms with Gasteiger partial charge in [0.2, 0.25) is 0 Å². The SMILES string of the molecule is COC(=O)C(CC(C)C)Nc1cc(CS(C)(=O)=O)ccc1OC. The molecule has 1 N–H and O–H groups in total. The van der Waals surface area contributed by atoms with Gasteiger partial charge in [0.05, 0.1) is 25.7 Å². The van der Waals surface area contributed by atoms with Crippen LogP contribution in [0.15, 0.2) is 18.2 Å². The molecule has 0 aliphatic rings. The zero-order valence-electron chi connectivity index (χ0n) is 14.3. The number of hydrogen-bond acceptors (Lipinski definition) is 6. The predicted molar refractivity (Wildman–Crippen MR) is 90.4 cm³/mol. The largest absolute Gasteiger partial charge is 0.495 e. The fourth-order valence-corrected chi connectivity index (χ4v) is 3.06. The van der Waals surface area contributed by atoms with Gasteiger partial charge in [0.15, 0.2) is 9.84 Å². The Morgan fingerprint density at radius 1 is 1.26 bits per heavy atom. The van der Waals surface area contributed by atoms with Crippen LogP contribution in [0.2, 0.25) is 0 Å². The molecule has 0 aliphatic heterocycles. The molecular weight excluding hydrogens is 318 g/mol. The maximum atomic E-state index is 11.9. The molecule has 23 heavy (non-hydrogen) atoms. The normalized spacial score (nSPS) is 12.8. The van der Waals surface area contributed by atoms with Gasteiger partial charge in [-0.1, -0.05) is 19.9 Å². The molecule has 0 fully saturated rings. The average Bonchev–Trinajstić information content (AvgIpc) is 2.44. The van der Waals surface area contributed by atoms with Gasteiger partial charge in [-0.3, -0.25) is 0 Å². The number of nitrogens with one attached hydrogen (secondary N) is 1. The Kier molecular flexibility index (Phi) is 6.87. The molecule has 0 aromatic heterocycles. The standard InChI is InChI=1S/C16H25NO5S/c1-11(2)8-14(16(18)22-4)17-13-9-12(10-23(5,19)20)6-7-15(13)21-3/h6-7,9,11,14,17H,8,10H2,1-5H3. The topological polar surface area (TPSA) is 81.7 Å². The molecule has 0 saturated heterocycles. The van der Waals surface area contributed by atoms with Crippen LogP contribution in [0.4, 0.5) is 5.69 Å². The number of ether oxygens (including phenoxy) is 2. The highest BCUT2D eigenvalue weighted by Gasteiger charge is 2.22. The van der Waals surface area contributed by atoms with Gasteiger partial charge >= 0.3 is 5.97 Å². The molecule has 6 nitrogen and oxygen atoms in total. The Labute approximate surface area is 138 Å². The van der Waals surface area contributed by atoms with Crippen molar-refractivity contribution in [2.45, 2.75) is 32.1 Å². The van der Waals surface area contributed by atoms with Crippen LogP contribution in [-0.2, 0) is 25.1 Å². The lowest BCUT2D eigenvalue weighted by molar-refractivity contribution is -0.141. The minimum Gasteiger partial charge on any atom is -0.495 e. The monoisotopic (exact) mass is 343 g/mol. The number of sulfone groups is 1. The third kappa shape index (κ3) is 6.48. The molecule has 0 radical (unpaired) electrons. The molecular formula is C16H25NO5S. The van der Waals surface area contributed by atoms with Crippen molar-refractivity contribution in [1.82, 2.24) is 0 Å². The van der Waals surface area contributed by atoms with E-state index >= 15 is 0 Å². The minimum atomic E-state index is -3.14. The summed E-state index contributed by atoms with van der Waals surface area (Å²) in [4.78, 5) is 11.9. The second-order valence-corrected chi connectivity index (χ2v) is 8.09. The third-order valence-electron chi connectivity index (χ3n) is 3.22. The lowest BCUT2D eigenvalue weighted by atomic mass is 10.0. The lowest BCUT2D eigenvalue weighted by Gasteiger charge is -2.21. The zero-order valence-corrected chi connectivity index (χ0v) is 15.1. The van der Waals surface area contributed by atoms with Crippen LogP contribution < -0.4 is 10.1 Å². The van der Waals surface area contributed by atoms with Crippen molar-refractivity contribution < 1.29 is 22.7 Å². The van der Waals surface area contributed by atoms with Crippen molar-refractivity contribution in [3.05, 3.63) is 23.8 Å². The summed E-state index contributed by atoms with van der Waals surface area (Å²) in [5.41, 5.74) is 1.20. The first kappa shape index (κ1) is 19.3. The van der Waals surface area contributed by atoms with Crippen LogP contribution >= 0.6 is 0 Å². The molecule has 1 rings (SSSR count). The molecule has 0 saturated carbocycles. The quantitative estimate of drug-likeness (QED) is 0.729. The maximum Gasteiger partial charge on any atom is 0.328 e. The molecule has 0 heterocycles. The van der Waals surface area contributed by atoms with E-state index in [1.807, 2.05) is 13.8 Å². The molecule has 7 heteroatoms. The van der Waals surface area contributed by atoms with Crippen molar-refractivity contribution in [3.8, 4) is 5.75 Å². The zero-order chi connectivity index (χ0) is 17.6. The molecule has 0 aliphatic carbocycles. The Bertz CT molecular complexity index is 640. The van der Waals surface area contributed by atoms with Crippen molar-refractivity contribution in [1.29, 1.82) is 0 Å². The number of rotatable bonds is 8. The van der Waals surface area contributed by atoms with E-state index in [0.29, 0.717) is 23.4 Å². The summed E-state index contributed by atoms with van der Waals surface area (Å²) in [6, 6.07) is 4.55. The number of esters is 1. The van der Waals surface area contributed by atoms with Gasteiger partial charge in [-0.25, -0.2) is 13.2 Å². The van der Waals surface area contributed by atoms with E-state index in [9.17, 15) is 13.2 Å². The first-order chi connectivity index (χ1) is 10.7. The highest BCUT2D eigenvalue weighted by atomic mass is 32.2. The van der Waals surface area contributed by atoms with Crippen molar-refractivity contribution >= 4 is 21.5 Å². The molecule has 0 spiro atoms. The van der Waals surface area contributed by atoms with E-state index in [1.165, 1.54) is 20.5 Å². The first-order valence-electron chi connectivity index (χ1n) is 7.35. The Morgan fingerprint density at radius 2 is 1.91 bits per heavy atom. The van der Waals surface area contributed by atoms with Gasteiger partial charge in [0.1, 0.15) is 11.8 Å². The Morgan fingerprint density at radius 3 is 2.39 bits per heavy atom. The number of carbonyl (C=O) groups is 1. The molecule has 1 aromatic rings. The summed E-state index contributed by atoms with van der Waals surface area (Å²) in [6.07, 6.45) is 1.77. The van der Waals surface area contributed by atoms with Crippen LogP contribution in [0.3, 0.4) is 0 Å². The number of methoxy groups -OCH3 is 2. The Balaban J connectivity index is 3.11. The summed E-state index contributed by atoms with van der Waals surface area (Å²) in [5, 5.41) is 3.11. The van der Waals surface area contributed by atoms with Gasteiger partial charge in [-0.15, -0.1) is 0 Å². The van der Waals surface area contributed by atoms with Crippen LogP contribution in [-0.4, -0.2) is 40.9 Å². The first-order valence-corrected chi connectivity index (χ1v) is 9.41. The van der Waals surface area contributed by atoms with E-state index in [0.717, 1.165) is 0 Å². The maximum absolute atomic E-state index is 11.9. The summed E-state index contributed by atoms with van der Waals surface area (Å²) in [7, 11) is -0.280. The third-order valence-corrected chi connectivity index (χ3v) is 4.07. The van der Waals surface area contributed by atoms with Gasteiger partial charge < -0.3 is 14.8 Å². The minimum absolute atomic E-state index is 0.0707. The number of carbonyl (C=O) groups excluding carboxylic acids is 1. The molecule has 130 valence electrons. The molecule has 0 bridgehead atoms. The van der Waals surface area contributed by atoms with E-state index in [2.05, 4.69) is 5.32 Å². The second-order valence-electron chi connectivity index (χ2n) is 5.95. The predicted octanol–water partition coefficient (Wildman–Crippen LogP) is 2.24. The fraction of sp³-hybridized carbons (Fsp3) is 0.562. The highest BCUT2D eigenvalue weighted by Crippen LogP contribution is 2.28. The van der Waals surface area contributed by atoms with E-state index in [-0.39, 0.29) is 17.6 Å². The number of benzene rings is 1. The van der Waals surface area contributed by atoms with Crippen LogP contribution in [0, 0.1) is 5.92 Å². The van der Waals surface area contributed by atoms with Gasteiger partial charge in [-0.05, 0) is 30.0 Å². The van der Waals surface area contributed by atoms with Crippen LogP contribution in [0.25, 0.3) is 0 Å². The smallest absolute Gasteiger partial charge is 0.328 e. The van der Waals surface area contributed by atoms with Crippen LogP contribution in [0.1, 0.15) is 25.8 Å². The molecule has 1 unspecified atom stereocenters. The van der Waals surface area contributed by atoms with Crippen molar-refractivity contribution in [2.75, 3.05) is 25.8 Å². The summed E-state index contributed by atoms with van der Waals surface area (Å²) >= 11 is 0. The van der Waals surface area contributed by atoms with Crippen molar-refractivity contribution in [3.63, 3.8) is 0 Å². The molecule has 1 aromatic carbocycles. The van der Waals surface area contributed by atoms with E-state index < -0.39 is 15.9 Å². The van der Waals surface area contributed by atoms with E-state index in [1.54, 1.807) is 18.2 Å². The average molecular weight is 343 g/mol. The molecule has 0 amide bonds. The Hall–Kier alpha value is -1.76.